The van der Waals surface area contributed by atoms with Crippen molar-refractivity contribution in [2.45, 2.75) is 25.9 Å². The number of nitrogens with one attached hydrogen (secondary N) is 2. The number of nitrogens with zero attached hydrogens (tertiary/aromatic N) is 1. The summed E-state index contributed by atoms with van der Waals surface area (Å²) in [5.74, 6) is 0.127. The summed E-state index contributed by atoms with van der Waals surface area (Å²) in [6.07, 6.45) is 2.16. The molecular weight excluding hydrogens is 338 g/mol. The highest BCUT2D eigenvalue weighted by atomic mass is 32.2. The Kier molecular flexibility index (Phi) is 5.03. The molecule has 1 aromatic heterocycles. The van der Waals surface area contributed by atoms with Crippen LogP contribution in [0.4, 0.5) is 5.69 Å². The van der Waals surface area contributed by atoms with E-state index in [1.54, 1.807) is 18.3 Å². The third-order valence-corrected chi connectivity index (χ3v) is 6.07. The Balaban J connectivity index is 1.56. The average molecular weight is 359 g/mol. The number of rotatable bonds is 5. The van der Waals surface area contributed by atoms with Gasteiger partial charge in [-0.3, -0.25) is 4.79 Å². The molecule has 1 fully saturated rings. The first-order chi connectivity index (χ1) is 11.9. The van der Waals surface area contributed by atoms with Crippen molar-refractivity contribution in [2.75, 3.05) is 16.8 Å². The van der Waals surface area contributed by atoms with Crippen LogP contribution < -0.4 is 10.6 Å². The SMILES string of the molecule is Cc1ccccc1CNC(=O)c1ccc(NC2CCS(=O)(=O)C2)cn1. The molecule has 7 heteroatoms. The summed E-state index contributed by atoms with van der Waals surface area (Å²) in [6.45, 7) is 2.45. The summed E-state index contributed by atoms with van der Waals surface area (Å²) in [7, 11) is -2.92. The fraction of sp³-hybridized carbons (Fsp3) is 0.333. The van der Waals surface area contributed by atoms with Crippen molar-refractivity contribution < 1.29 is 13.2 Å². The van der Waals surface area contributed by atoms with E-state index in [1.165, 1.54) is 0 Å². The van der Waals surface area contributed by atoms with Crippen LogP contribution in [-0.4, -0.2) is 36.9 Å². The van der Waals surface area contributed by atoms with E-state index in [9.17, 15) is 13.2 Å². The van der Waals surface area contributed by atoms with E-state index in [0.29, 0.717) is 18.7 Å². The Bertz CT molecular complexity index is 863. The molecule has 1 atom stereocenters. The molecule has 132 valence electrons. The second kappa shape index (κ2) is 7.23. The first-order valence-corrected chi connectivity index (χ1v) is 10.0. The zero-order valence-electron chi connectivity index (χ0n) is 14.0. The monoisotopic (exact) mass is 359 g/mol. The Morgan fingerprint density at radius 3 is 2.68 bits per heavy atom. The van der Waals surface area contributed by atoms with Gasteiger partial charge < -0.3 is 10.6 Å². The molecule has 2 aromatic rings. The minimum Gasteiger partial charge on any atom is -0.380 e. The zero-order chi connectivity index (χ0) is 17.9. The van der Waals surface area contributed by atoms with Gasteiger partial charge in [-0.05, 0) is 36.6 Å². The summed E-state index contributed by atoms with van der Waals surface area (Å²) < 4.78 is 23.0. The van der Waals surface area contributed by atoms with Crippen LogP contribution in [0.15, 0.2) is 42.6 Å². The van der Waals surface area contributed by atoms with Gasteiger partial charge in [0.1, 0.15) is 5.69 Å². The molecule has 6 nitrogen and oxygen atoms in total. The molecular formula is C18H21N3O3S. The summed E-state index contributed by atoms with van der Waals surface area (Å²) in [5, 5.41) is 6.01. The first-order valence-electron chi connectivity index (χ1n) is 8.19. The predicted molar refractivity (Wildman–Crippen MR) is 97.3 cm³/mol. The third kappa shape index (κ3) is 4.57. The van der Waals surface area contributed by atoms with Crippen molar-refractivity contribution in [1.29, 1.82) is 0 Å². The lowest BCUT2D eigenvalue weighted by Crippen LogP contribution is -2.24. The second-order valence-electron chi connectivity index (χ2n) is 6.29. The molecule has 25 heavy (non-hydrogen) atoms. The first kappa shape index (κ1) is 17.4. The van der Waals surface area contributed by atoms with Crippen LogP contribution in [-0.2, 0) is 16.4 Å². The number of aryl methyl sites for hydroxylation is 1. The van der Waals surface area contributed by atoms with E-state index >= 15 is 0 Å². The molecule has 1 aromatic carbocycles. The third-order valence-electron chi connectivity index (χ3n) is 4.30. The average Bonchev–Trinajstić information content (AvgIpc) is 2.93. The van der Waals surface area contributed by atoms with E-state index in [0.717, 1.165) is 16.8 Å². The molecule has 0 spiro atoms. The van der Waals surface area contributed by atoms with Gasteiger partial charge in [0.25, 0.3) is 5.91 Å². The molecule has 2 heterocycles. The van der Waals surface area contributed by atoms with E-state index in [-0.39, 0.29) is 23.5 Å². The number of pyridine rings is 1. The van der Waals surface area contributed by atoms with Crippen LogP contribution in [0.1, 0.15) is 28.0 Å². The lowest BCUT2D eigenvalue weighted by molar-refractivity contribution is 0.0946. The number of amides is 1. The normalized spacial score (nSPS) is 18.7. The highest BCUT2D eigenvalue weighted by Gasteiger charge is 2.27. The number of benzene rings is 1. The van der Waals surface area contributed by atoms with Gasteiger partial charge in [0, 0.05) is 12.6 Å². The fourth-order valence-corrected chi connectivity index (χ4v) is 4.51. The van der Waals surface area contributed by atoms with E-state index in [2.05, 4.69) is 15.6 Å². The topological polar surface area (TPSA) is 88.2 Å². The van der Waals surface area contributed by atoms with Gasteiger partial charge in [-0.15, -0.1) is 0 Å². The van der Waals surface area contributed by atoms with Crippen molar-refractivity contribution in [3.8, 4) is 0 Å². The van der Waals surface area contributed by atoms with Crippen molar-refractivity contribution in [3.63, 3.8) is 0 Å². The van der Waals surface area contributed by atoms with Crippen LogP contribution in [0, 0.1) is 6.92 Å². The van der Waals surface area contributed by atoms with Gasteiger partial charge in [-0.2, -0.15) is 0 Å². The number of aromatic nitrogens is 1. The summed E-state index contributed by atoms with van der Waals surface area (Å²) in [4.78, 5) is 16.4. The van der Waals surface area contributed by atoms with Gasteiger partial charge in [-0.25, -0.2) is 13.4 Å². The maximum absolute atomic E-state index is 12.2. The lowest BCUT2D eigenvalue weighted by Gasteiger charge is -2.12. The van der Waals surface area contributed by atoms with E-state index < -0.39 is 9.84 Å². The molecule has 1 aliphatic heterocycles. The number of hydrogen-bond donors (Lipinski definition) is 2. The van der Waals surface area contributed by atoms with Crippen molar-refractivity contribution in [1.82, 2.24) is 10.3 Å². The highest BCUT2D eigenvalue weighted by Crippen LogP contribution is 2.17. The molecule has 1 unspecified atom stereocenters. The minimum atomic E-state index is -2.92. The van der Waals surface area contributed by atoms with Crippen LogP contribution in [0.5, 0.6) is 0 Å². The molecule has 0 bridgehead atoms. The largest absolute Gasteiger partial charge is 0.380 e. The maximum Gasteiger partial charge on any atom is 0.270 e. The van der Waals surface area contributed by atoms with Crippen molar-refractivity contribution >= 4 is 21.4 Å². The number of carbonyl (C=O) groups excluding carboxylic acids is 1. The minimum absolute atomic E-state index is 0.0902. The predicted octanol–water partition coefficient (Wildman–Crippen LogP) is 1.92. The Hall–Kier alpha value is -2.41. The van der Waals surface area contributed by atoms with Crippen LogP contribution >= 0.6 is 0 Å². The number of hydrogen-bond acceptors (Lipinski definition) is 5. The summed E-state index contributed by atoms with van der Waals surface area (Å²) in [6, 6.07) is 11.2. The van der Waals surface area contributed by atoms with Gasteiger partial charge in [0.05, 0.1) is 23.4 Å². The quantitative estimate of drug-likeness (QED) is 0.851. The van der Waals surface area contributed by atoms with Crippen LogP contribution in [0.3, 0.4) is 0 Å². The highest BCUT2D eigenvalue weighted by molar-refractivity contribution is 7.91. The lowest BCUT2D eigenvalue weighted by atomic mass is 10.1. The van der Waals surface area contributed by atoms with Crippen molar-refractivity contribution in [2.24, 2.45) is 0 Å². The molecule has 0 radical (unpaired) electrons. The summed E-state index contributed by atoms with van der Waals surface area (Å²) in [5.41, 5.74) is 3.24. The maximum atomic E-state index is 12.2. The van der Waals surface area contributed by atoms with E-state index in [1.807, 2.05) is 31.2 Å². The van der Waals surface area contributed by atoms with Gasteiger partial charge in [-0.1, -0.05) is 24.3 Å². The molecule has 2 N–H and O–H groups in total. The van der Waals surface area contributed by atoms with Crippen LogP contribution in [0.2, 0.25) is 0 Å². The Morgan fingerprint density at radius 1 is 1.24 bits per heavy atom. The molecule has 0 aliphatic carbocycles. The zero-order valence-corrected chi connectivity index (χ0v) is 14.8. The number of sulfone groups is 1. The molecule has 1 amide bonds. The Labute approximate surface area is 147 Å². The van der Waals surface area contributed by atoms with Gasteiger partial charge in [0.15, 0.2) is 9.84 Å². The van der Waals surface area contributed by atoms with Gasteiger partial charge in [0.2, 0.25) is 0 Å². The molecule has 0 saturated carbocycles. The van der Waals surface area contributed by atoms with E-state index in [4.69, 9.17) is 0 Å². The standard InChI is InChI=1S/C18H21N3O3S/c1-13-4-2-3-5-14(13)10-20-18(22)17-7-6-15(11-19-17)21-16-8-9-25(23,24)12-16/h2-7,11,16,21H,8-10,12H2,1H3,(H,20,22). The number of carbonyl (C=O) groups is 1. The second-order valence-corrected chi connectivity index (χ2v) is 8.51. The Morgan fingerprint density at radius 2 is 2.04 bits per heavy atom. The number of anilines is 1. The van der Waals surface area contributed by atoms with Gasteiger partial charge >= 0.3 is 0 Å². The molecule has 1 aliphatic rings. The van der Waals surface area contributed by atoms with Crippen LogP contribution in [0.25, 0.3) is 0 Å². The van der Waals surface area contributed by atoms with Crippen molar-refractivity contribution in [3.05, 3.63) is 59.4 Å². The summed E-state index contributed by atoms with van der Waals surface area (Å²) >= 11 is 0. The molecule has 1 saturated heterocycles. The smallest absolute Gasteiger partial charge is 0.270 e. The fourth-order valence-electron chi connectivity index (χ4n) is 2.83. The molecule has 3 rings (SSSR count).